The molecule has 2 aliphatic rings. The highest BCUT2D eigenvalue weighted by Crippen LogP contribution is 2.38. The minimum Gasteiger partial charge on any atom is -0.334 e. The molecule has 0 radical (unpaired) electrons. The number of hydrogen-bond donors (Lipinski definition) is 1. The van der Waals surface area contributed by atoms with Gasteiger partial charge in [0, 0.05) is 21.8 Å². The van der Waals surface area contributed by atoms with Crippen molar-refractivity contribution < 1.29 is 4.90 Å². The molecule has 0 saturated heterocycles. The molecule has 0 spiro atoms. The van der Waals surface area contributed by atoms with Crippen molar-refractivity contribution in [2.45, 2.75) is 38.8 Å². The summed E-state index contributed by atoms with van der Waals surface area (Å²) in [5.74, 6) is 0. The first-order valence-electron chi connectivity index (χ1n) is 7.44. The van der Waals surface area contributed by atoms with E-state index in [1.807, 2.05) is 0 Å². The van der Waals surface area contributed by atoms with Gasteiger partial charge in [-0.15, -0.1) is 0 Å². The second-order valence-electron chi connectivity index (χ2n) is 5.88. The third kappa shape index (κ3) is 1.64. The van der Waals surface area contributed by atoms with Gasteiger partial charge < -0.3 is 9.47 Å². The van der Waals surface area contributed by atoms with E-state index < -0.39 is 0 Å². The maximum absolute atomic E-state index is 3.63. The van der Waals surface area contributed by atoms with Gasteiger partial charge in [-0.2, -0.15) is 0 Å². The monoisotopic (exact) mass is 319 g/mol. The molecule has 1 aliphatic carbocycles. The molecule has 100 valence electrons. The van der Waals surface area contributed by atoms with Crippen molar-refractivity contribution in [1.82, 2.24) is 4.57 Å². The van der Waals surface area contributed by atoms with Crippen LogP contribution in [0.4, 0.5) is 0 Å². The number of hydrogen-bond acceptors (Lipinski definition) is 0. The fraction of sp³-hybridized carbons (Fsp3) is 0.500. The van der Waals surface area contributed by atoms with Gasteiger partial charge in [-0.1, -0.05) is 15.9 Å². The van der Waals surface area contributed by atoms with Crippen molar-refractivity contribution in [3.05, 3.63) is 33.9 Å². The molecule has 2 heterocycles. The van der Waals surface area contributed by atoms with Crippen molar-refractivity contribution >= 4 is 26.8 Å². The van der Waals surface area contributed by atoms with Crippen LogP contribution < -0.4 is 4.90 Å². The van der Waals surface area contributed by atoms with Gasteiger partial charge >= 0.3 is 0 Å². The number of aromatic nitrogens is 1. The maximum atomic E-state index is 3.63. The third-order valence-corrected chi connectivity index (χ3v) is 5.52. The van der Waals surface area contributed by atoms with Crippen LogP contribution in [0.2, 0.25) is 0 Å². The predicted octanol–water partition coefficient (Wildman–Crippen LogP) is 2.70. The van der Waals surface area contributed by atoms with E-state index in [9.17, 15) is 0 Å². The molecule has 1 aromatic heterocycles. The molecule has 0 saturated carbocycles. The highest BCUT2D eigenvalue weighted by molar-refractivity contribution is 9.10. The minimum atomic E-state index is 0.744. The molecular formula is C16H20BrN2+. The SMILES string of the molecule is CC[NH+]1CCn2c3c(c4cc(Br)ccc42)CCCC31. The summed E-state index contributed by atoms with van der Waals surface area (Å²) >= 11 is 3.63. The Hall–Kier alpha value is -0.800. The van der Waals surface area contributed by atoms with Gasteiger partial charge in [0.2, 0.25) is 0 Å². The molecule has 1 N–H and O–H groups in total. The number of rotatable bonds is 1. The van der Waals surface area contributed by atoms with Crippen molar-refractivity contribution in [1.29, 1.82) is 0 Å². The molecule has 2 unspecified atom stereocenters. The van der Waals surface area contributed by atoms with Gasteiger partial charge in [-0.3, -0.25) is 0 Å². The molecule has 1 aromatic carbocycles. The minimum absolute atomic E-state index is 0.744. The Kier molecular flexibility index (Phi) is 2.75. The summed E-state index contributed by atoms with van der Waals surface area (Å²) in [6.45, 7) is 6.06. The summed E-state index contributed by atoms with van der Waals surface area (Å²) < 4.78 is 3.82. The van der Waals surface area contributed by atoms with Crippen molar-refractivity contribution in [3.8, 4) is 0 Å². The van der Waals surface area contributed by atoms with Gasteiger partial charge in [0.15, 0.2) is 0 Å². The number of aryl methyl sites for hydroxylation is 1. The van der Waals surface area contributed by atoms with E-state index >= 15 is 0 Å². The summed E-state index contributed by atoms with van der Waals surface area (Å²) in [5.41, 5.74) is 4.75. The van der Waals surface area contributed by atoms with E-state index in [0.29, 0.717) is 0 Å². The molecule has 0 fully saturated rings. The molecule has 2 nitrogen and oxygen atoms in total. The number of nitrogens with one attached hydrogen (secondary N) is 1. The zero-order chi connectivity index (χ0) is 13.0. The van der Waals surface area contributed by atoms with Gasteiger partial charge in [0.05, 0.1) is 25.3 Å². The van der Waals surface area contributed by atoms with Crippen molar-refractivity contribution in [2.24, 2.45) is 0 Å². The largest absolute Gasteiger partial charge is 0.334 e. The fourth-order valence-electron chi connectivity index (χ4n) is 4.19. The van der Waals surface area contributed by atoms with E-state index in [1.54, 1.807) is 16.2 Å². The average molecular weight is 320 g/mol. The topological polar surface area (TPSA) is 9.37 Å². The Bertz CT molecular complexity index is 644. The van der Waals surface area contributed by atoms with Crippen LogP contribution in [-0.4, -0.2) is 17.7 Å². The molecule has 19 heavy (non-hydrogen) atoms. The number of nitrogens with zero attached hydrogens (tertiary/aromatic N) is 1. The Morgan fingerprint density at radius 1 is 1.42 bits per heavy atom. The number of likely N-dealkylation sites (N-methyl/N-ethyl adjacent to an activating group) is 1. The van der Waals surface area contributed by atoms with E-state index in [-0.39, 0.29) is 0 Å². The molecular weight excluding hydrogens is 300 g/mol. The first-order valence-corrected chi connectivity index (χ1v) is 8.24. The van der Waals surface area contributed by atoms with Gasteiger partial charge in [0.1, 0.15) is 6.04 Å². The number of benzene rings is 1. The van der Waals surface area contributed by atoms with Crippen LogP contribution in [0.1, 0.15) is 37.1 Å². The Morgan fingerprint density at radius 3 is 3.16 bits per heavy atom. The summed E-state index contributed by atoms with van der Waals surface area (Å²) in [5, 5.41) is 1.49. The van der Waals surface area contributed by atoms with Crippen LogP contribution in [0, 0.1) is 0 Å². The van der Waals surface area contributed by atoms with E-state index in [1.165, 1.54) is 54.3 Å². The molecule has 4 rings (SSSR count). The normalized spacial score (nSPS) is 25.6. The lowest BCUT2D eigenvalue weighted by atomic mass is 9.90. The maximum Gasteiger partial charge on any atom is 0.129 e. The second-order valence-corrected chi connectivity index (χ2v) is 6.80. The zero-order valence-electron chi connectivity index (χ0n) is 11.4. The molecule has 2 atom stereocenters. The Balaban J connectivity index is 2.01. The van der Waals surface area contributed by atoms with E-state index in [2.05, 4.69) is 45.6 Å². The molecule has 0 bridgehead atoms. The first-order chi connectivity index (χ1) is 9.29. The smallest absolute Gasteiger partial charge is 0.129 e. The summed E-state index contributed by atoms with van der Waals surface area (Å²) in [6.07, 6.45) is 3.99. The predicted molar refractivity (Wildman–Crippen MR) is 81.7 cm³/mol. The van der Waals surface area contributed by atoms with Gasteiger partial charge in [-0.25, -0.2) is 0 Å². The summed E-state index contributed by atoms with van der Waals surface area (Å²) in [4.78, 5) is 1.79. The molecule has 0 amide bonds. The summed E-state index contributed by atoms with van der Waals surface area (Å²) in [7, 11) is 0. The molecule has 3 heteroatoms. The Labute approximate surface area is 122 Å². The van der Waals surface area contributed by atoms with Crippen LogP contribution in [0.5, 0.6) is 0 Å². The highest BCUT2D eigenvalue weighted by Gasteiger charge is 2.36. The van der Waals surface area contributed by atoms with Crippen LogP contribution in [-0.2, 0) is 13.0 Å². The fourth-order valence-corrected chi connectivity index (χ4v) is 4.55. The van der Waals surface area contributed by atoms with E-state index in [0.717, 1.165) is 6.04 Å². The second kappa shape index (κ2) is 4.35. The Morgan fingerprint density at radius 2 is 2.32 bits per heavy atom. The lowest BCUT2D eigenvalue weighted by molar-refractivity contribution is -0.935. The first kappa shape index (κ1) is 12.0. The average Bonchev–Trinajstić information content (AvgIpc) is 2.75. The quantitative estimate of drug-likeness (QED) is 0.828. The lowest BCUT2D eigenvalue weighted by Gasteiger charge is -2.36. The van der Waals surface area contributed by atoms with Crippen LogP contribution in [0.3, 0.4) is 0 Å². The van der Waals surface area contributed by atoms with Crippen LogP contribution >= 0.6 is 15.9 Å². The van der Waals surface area contributed by atoms with Crippen molar-refractivity contribution in [2.75, 3.05) is 13.1 Å². The molecule has 1 aliphatic heterocycles. The van der Waals surface area contributed by atoms with Crippen LogP contribution in [0.25, 0.3) is 10.9 Å². The van der Waals surface area contributed by atoms with Gasteiger partial charge in [0.25, 0.3) is 0 Å². The standard InChI is InChI=1S/C16H19BrN2/c1-2-18-8-9-19-14-7-6-11(17)10-13(14)12-4-3-5-15(18)16(12)19/h6-7,10,15H,2-5,8-9H2,1H3/p+1. The van der Waals surface area contributed by atoms with Gasteiger partial charge in [-0.05, 0) is 43.5 Å². The third-order valence-electron chi connectivity index (χ3n) is 5.03. The summed E-state index contributed by atoms with van der Waals surface area (Å²) in [6, 6.07) is 7.55. The highest BCUT2D eigenvalue weighted by atomic mass is 79.9. The van der Waals surface area contributed by atoms with Crippen LogP contribution in [0.15, 0.2) is 22.7 Å². The lowest BCUT2D eigenvalue weighted by Crippen LogP contribution is -3.13. The van der Waals surface area contributed by atoms with Crippen molar-refractivity contribution in [3.63, 3.8) is 0 Å². The number of quaternary nitrogens is 1. The number of fused-ring (bicyclic) bond motifs is 3. The van der Waals surface area contributed by atoms with E-state index in [4.69, 9.17) is 0 Å². The zero-order valence-corrected chi connectivity index (χ0v) is 13.0. The number of halogens is 1. The molecule has 2 aromatic rings.